The monoisotopic (exact) mass is 346 g/mol. The van der Waals surface area contributed by atoms with Crippen molar-refractivity contribution in [3.8, 4) is 11.9 Å². The van der Waals surface area contributed by atoms with Gasteiger partial charge < -0.3 is 9.80 Å². The number of nitriles is 1. The van der Waals surface area contributed by atoms with E-state index in [4.69, 9.17) is 5.26 Å². The Balaban J connectivity index is 1.50. The average Bonchev–Trinajstić information content (AvgIpc) is 3.23. The maximum Gasteiger partial charge on any atom is 0.227 e. The zero-order valence-electron chi connectivity index (χ0n) is 14.4. The lowest BCUT2D eigenvalue weighted by Crippen LogP contribution is -2.47. The fourth-order valence-corrected chi connectivity index (χ4v) is 3.00. The van der Waals surface area contributed by atoms with Gasteiger partial charge in [0.05, 0.1) is 0 Å². The van der Waals surface area contributed by atoms with E-state index in [1.165, 1.54) is 0 Å². The Hall–Kier alpha value is -3.47. The fourth-order valence-electron chi connectivity index (χ4n) is 3.00. The van der Waals surface area contributed by atoms with E-state index in [0.29, 0.717) is 11.6 Å². The molecule has 1 fully saturated rings. The standard InChI is InChI=1S/C18H18N8/c1-14-12-17(26-7-3-6-20-26)23-18(21-14)25-10-8-24(9-11-25)16-5-2-4-15(13-19)22-16/h2-7,12H,8-11H2,1H3. The van der Waals surface area contributed by atoms with Crippen molar-refractivity contribution in [2.75, 3.05) is 36.0 Å². The number of aryl methyl sites for hydroxylation is 1. The molecule has 4 heterocycles. The normalized spacial score (nSPS) is 14.3. The lowest BCUT2D eigenvalue weighted by molar-refractivity contribution is 0.631. The molecule has 0 N–H and O–H groups in total. The van der Waals surface area contributed by atoms with Gasteiger partial charge in [0.2, 0.25) is 5.95 Å². The van der Waals surface area contributed by atoms with Crippen LogP contribution in [0.2, 0.25) is 0 Å². The van der Waals surface area contributed by atoms with Crippen LogP contribution >= 0.6 is 0 Å². The quantitative estimate of drug-likeness (QED) is 0.711. The van der Waals surface area contributed by atoms with Crippen LogP contribution in [-0.2, 0) is 0 Å². The summed E-state index contributed by atoms with van der Waals surface area (Å²) in [5, 5.41) is 13.3. The summed E-state index contributed by atoms with van der Waals surface area (Å²) in [6.45, 7) is 5.15. The Labute approximate surface area is 151 Å². The van der Waals surface area contributed by atoms with Gasteiger partial charge in [-0.1, -0.05) is 6.07 Å². The molecule has 0 radical (unpaired) electrons. The molecule has 0 bridgehead atoms. The molecule has 3 aromatic heterocycles. The molecule has 0 amide bonds. The summed E-state index contributed by atoms with van der Waals surface area (Å²) in [5.41, 5.74) is 1.35. The summed E-state index contributed by atoms with van der Waals surface area (Å²) in [5.74, 6) is 2.32. The van der Waals surface area contributed by atoms with E-state index in [9.17, 15) is 0 Å². The molecule has 0 aliphatic carbocycles. The van der Waals surface area contributed by atoms with Crippen LogP contribution in [0.15, 0.2) is 42.7 Å². The van der Waals surface area contributed by atoms with Crippen molar-refractivity contribution in [3.63, 3.8) is 0 Å². The molecular formula is C18H18N8. The van der Waals surface area contributed by atoms with Crippen LogP contribution in [0, 0.1) is 18.3 Å². The molecule has 4 rings (SSSR count). The molecule has 26 heavy (non-hydrogen) atoms. The zero-order chi connectivity index (χ0) is 17.9. The largest absolute Gasteiger partial charge is 0.353 e. The van der Waals surface area contributed by atoms with Crippen LogP contribution in [0.4, 0.5) is 11.8 Å². The summed E-state index contributed by atoms with van der Waals surface area (Å²) in [6.07, 6.45) is 3.61. The topological polar surface area (TPSA) is 86.8 Å². The summed E-state index contributed by atoms with van der Waals surface area (Å²) in [4.78, 5) is 18.0. The van der Waals surface area contributed by atoms with Gasteiger partial charge in [0.15, 0.2) is 5.82 Å². The van der Waals surface area contributed by atoms with Gasteiger partial charge in [-0.2, -0.15) is 15.3 Å². The predicted octanol–water partition coefficient (Wildman–Crippen LogP) is 1.56. The molecule has 0 saturated carbocycles. The van der Waals surface area contributed by atoms with Crippen molar-refractivity contribution in [1.29, 1.82) is 5.26 Å². The van der Waals surface area contributed by atoms with Gasteiger partial charge in [0.1, 0.15) is 17.6 Å². The maximum absolute atomic E-state index is 9.02. The first kappa shape index (κ1) is 16.0. The van der Waals surface area contributed by atoms with E-state index in [1.54, 1.807) is 16.9 Å². The van der Waals surface area contributed by atoms with E-state index in [1.807, 2.05) is 37.4 Å². The number of anilines is 2. The Bertz CT molecular complexity index is 936. The van der Waals surface area contributed by atoms with Gasteiger partial charge in [-0.05, 0) is 25.1 Å². The molecule has 1 aliphatic rings. The number of pyridine rings is 1. The molecule has 8 heteroatoms. The third kappa shape index (κ3) is 3.19. The number of hydrogen-bond donors (Lipinski definition) is 0. The van der Waals surface area contributed by atoms with Crippen molar-refractivity contribution in [3.05, 3.63) is 54.1 Å². The highest BCUT2D eigenvalue weighted by Crippen LogP contribution is 2.18. The van der Waals surface area contributed by atoms with Crippen molar-refractivity contribution < 1.29 is 0 Å². The minimum absolute atomic E-state index is 0.441. The summed E-state index contributed by atoms with van der Waals surface area (Å²) in [6, 6.07) is 11.4. The summed E-state index contributed by atoms with van der Waals surface area (Å²) >= 11 is 0. The zero-order valence-corrected chi connectivity index (χ0v) is 14.4. The Kier molecular flexibility index (Phi) is 4.19. The highest BCUT2D eigenvalue weighted by atomic mass is 15.4. The van der Waals surface area contributed by atoms with Crippen molar-refractivity contribution in [2.24, 2.45) is 0 Å². The molecule has 3 aromatic rings. The second-order valence-electron chi connectivity index (χ2n) is 6.09. The second-order valence-corrected chi connectivity index (χ2v) is 6.09. The maximum atomic E-state index is 9.02. The van der Waals surface area contributed by atoms with Crippen LogP contribution in [0.1, 0.15) is 11.4 Å². The SMILES string of the molecule is Cc1cc(-n2cccn2)nc(N2CCN(c3cccc(C#N)n3)CC2)n1. The molecule has 0 spiro atoms. The third-order valence-electron chi connectivity index (χ3n) is 4.30. The second kappa shape index (κ2) is 6.80. The molecule has 0 unspecified atom stereocenters. The molecular weight excluding hydrogens is 328 g/mol. The third-order valence-corrected chi connectivity index (χ3v) is 4.30. The smallest absolute Gasteiger partial charge is 0.227 e. The van der Waals surface area contributed by atoms with Crippen LogP contribution < -0.4 is 9.80 Å². The van der Waals surface area contributed by atoms with Crippen LogP contribution in [0.5, 0.6) is 0 Å². The number of rotatable bonds is 3. The summed E-state index contributed by atoms with van der Waals surface area (Å²) in [7, 11) is 0. The first-order chi connectivity index (χ1) is 12.7. The lowest BCUT2D eigenvalue weighted by atomic mass is 10.3. The van der Waals surface area contributed by atoms with Gasteiger partial charge in [-0.25, -0.2) is 14.6 Å². The first-order valence-corrected chi connectivity index (χ1v) is 8.46. The van der Waals surface area contributed by atoms with E-state index in [0.717, 1.165) is 43.5 Å². The number of hydrogen-bond acceptors (Lipinski definition) is 7. The van der Waals surface area contributed by atoms with E-state index in [-0.39, 0.29) is 0 Å². The van der Waals surface area contributed by atoms with Crippen molar-refractivity contribution in [1.82, 2.24) is 24.7 Å². The highest BCUT2D eigenvalue weighted by molar-refractivity contribution is 5.45. The van der Waals surface area contributed by atoms with Crippen molar-refractivity contribution >= 4 is 11.8 Å². The van der Waals surface area contributed by atoms with Gasteiger partial charge >= 0.3 is 0 Å². The van der Waals surface area contributed by atoms with Crippen LogP contribution in [0.25, 0.3) is 5.82 Å². The van der Waals surface area contributed by atoms with Crippen molar-refractivity contribution in [2.45, 2.75) is 6.92 Å². The molecule has 130 valence electrons. The lowest BCUT2D eigenvalue weighted by Gasteiger charge is -2.35. The first-order valence-electron chi connectivity index (χ1n) is 8.46. The minimum Gasteiger partial charge on any atom is -0.353 e. The van der Waals surface area contributed by atoms with Gasteiger partial charge in [-0.15, -0.1) is 0 Å². The van der Waals surface area contributed by atoms with Gasteiger partial charge in [-0.3, -0.25) is 0 Å². The average molecular weight is 346 g/mol. The Morgan fingerprint density at radius 2 is 1.77 bits per heavy atom. The van der Waals surface area contributed by atoms with E-state index >= 15 is 0 Å². The van der Waals surface area contributed by atoms with E-state index < -0.39 is 0 Å². The number of piperazine rings is 1. The molecule has 1 saturated heterocycles. The molecule has 8 nitrogen and oxygen atoms in total. The van der Waals surface area contributed by atoms with E-state index in [2.05, 4.69) is 35.9 Å². The van der Waals surface area contributed by atoms with Gasteiger partial charge in [0, 0.05) is 50.3 Å². The predicted molar refractivity (Wildman–Crippen MR) is 97.3 cm³/mol. The van der Waals surface area contributed by atoms with Crippen LogP contribution in [0.3, 0.4) is 0 Å². The highest BCUT2D eigenvalue weighted by Gasteiger charge is 2.21. The molecule has 1 aliphatic heterocycles. The van der Waals surface area contributed by atoms with Crippen LogP contribution in [-0.4, -0.2) is 50.9 Å². The Morgan fingerprint density at radius 1 is 0.962 bits per heavy atom. The fraction of sp³-hybridized carbons (Fsp3) is 0.278. The van der Waals surface area contributed by atoms with Gasteiger partial charge in [0.25, 0.3) is 0 Å². The molecule has 0 aromatic carbocycles. The summed E-state index contributed by atoms with van der Waals surface area (Å²) < 4.78 is 1.74. The number of aromatic nitrogens is 5. The Morgan fingerprint density at radius 3 is 2.50 bits per heavy atom. The minimum atomic E-state index is 0.441. The molecule has 0 atom stereocenters. The number of nitrogens with zero attached hydrogens (tertiary/aromatic N) is 8.